The van der Waals surface area contributed by atoms with Crippen LogP contribution >= 0.6 is 0 Å². The Labute approximate surface area is 94.5 Å². The largest absolute Gasteiger partial charge is 0.481 e. The normalized spacial score (nSPS) is 24.5. The minimum Gasteiger partial charge on any atom is -0.481 e. The number of carbonyl (C=O) groups excluding carboxylic acids is 1. The Bertz CT molecular complexity index is 277. The van der Waals surface area contributed by atoms with Crippen LogP contribution in [0.3, 0.4) is 0 Å². The molecule has 0 saturated heterocycles. The Morgan fingerprint density at radius 1 is 1.44 bits per heavy atom. The summed E-state index contributed by atoms with van der Waals surface area (Å²) in [4.78, 5) is 22.2. The highest BCUT2D eigenvalue weighted by atomic mass is 16.5. The molecule has 0 unspecified atom stereocenters. The first-order chi connectivity index (χ1) is 7.65. The molecule has 2 N–H and O–H groups in total. The number of alkyl carbamates (subject to hydrolysis) is 1. The zero-order valence-electron chi connectivity index (χ0n) is 9.15. The van der Waals surface area contributed by atoms with Crippen LogP contribution in [-0.4, -0.2) is 29.8 Å². The van der Waals surface area contributed by atoms with Crippen LogP contribution in [0.25, 0.3) is 0 Å². The predicted octanol–water partition coefficient (Wildman–Crippen LogP) is 1.54. The first kappa shape index (κ1) is 12.5. The van der Waals surface area contributed by atoms with Gasteiger partial charge in [0.25, 0.3) is 0 Å². The van der Waals surface area contributed by atoms with Crippen molar-refractivity contribution < 1.29 is 19.4 Å². The molecule has 0 aromatic rings. The van der Waals surface area contributed by atoms with Crippen LogP contribution in [0.15, 0.2) is 12.7 Å². The first-order valence-electron chi connectivity index (χ1n) is 5.42. The summed E-state index contributed by atoms with van der Waals surface area (Å²) in [7, 11) is 0. The third-order valence-corrected chi connectivity index (χ3v) is 2.72. The van der Waals surface area contributed by atoms with Crippen LogP contribution in [0.2, 0.25) is 0 Å². The number of carbonyl (C=O) groups is 2. The second-order valence-electron chi connectivity index (χ2n) is 3.87. The maximum absolute atomic E-state index is 11.3. The molecule has 2 atom stereocenters. The van der Waals surface area contributed by atoms with Crippen molar-refractivity contribution in [3.63, 3.8) is 0 Å². The number of amides is 1. The van der Waals surface area contributed by atoms with Crippen LogP contribution < -0.4 is 5.32 Å². The molecule has 0 aromatic heterocycles. The highest BCUT2D eigenvalue weighted by molar-refractivity contribution is 5.73. The number of ether oxygens (including phenoxy) is 1. The molecular formula is C11H17NO4. The zero-order valence-corrected chi connectivity index (χ0v) is 9.15. The van der Waals surface area contributed by atoms with Crippen molar-refractivity contribution in [1.29, 1.82) is 0 Å². The summed E-state index contributed by atoms with van der Waals surface area (Å²) in [6, 6.07) is -0.316. The molecular weight excluding hydrogens is 210 g/mol. The maximum atomic E-state index is 11.3. The molecule has 1 aliphatic carbocycles. The van der Waals surface area contributed by atoms with E-state index in [2.05, 4.69) is 11.9 Å². The highest BCUT2D eigenvalue weighted by Gasteiger charge is 2.31. The molecule has 0 radical (unpaired) electrons. The Balaban J connectivity index is 2.46. The third-order valence-electron chi connectivity index (χ3n) is 2.72. The topological polar surface area (TPSA) is 75.6 Å². The van der Waals surface area contributed by atoms with Crippen LogP contribution in [0.1, 0.15) is 25.7 Å². The fourth-order valence-corrected chi connectivity index (χ4v) is 1.93. The van der Waals surface area contributed by atoms with Gasteiger partial charge in [0.2, 0.25) is 0 Å². The fourth-order valence-electron chi connectivity index (χ4n) is 1.93. The van der Waals surface area contributed by atoms with Crippen LogP contribution in [0.5, 0.6) is 0 Å². The van der Waals surface area contributed by atoms with E-state index in [0.717, 1.165) is 12.8 Å². The zero-order chi connectivity index (χ0) is 12.0. The van der Waals surface area contributed by atoms with E-state index < -0.39 is 18.0 Å². The van der Waals surface area contributed by atoms with Crippen molar-refractivity contribution in [2.24, 2.45) is 5.92 Å². The Hall–Kier alpha value is -1.52. The van der Waals surface area contributed by atoms with E-state index in [9.17, 15) is 9.59 Å². The summed E-state index contributed by atoms with van der Waals surface area (Å²) in [6.45, 7) is 3.56. The summed E-state index contributed by atoms with van der Waals surface area (Å²) >= 11 is 0. The minimum atomic E-state index is -0.853. The number of hydrogen-bond donors (Lipinski definition) is 2. The first-order valence-corrected chi connectivity index (χ1v) is 5.42. The van der Waals surface area contributed by atoms with Gasteiger partial charge in [0, 0.05) is 6.04 Å². The molecule has 1 rings (SSSR count). The quantitative estimate of drug-likeness (QED) is 0.714. The van der Waals surface area contributed by atoms with Gasteiger partial charge >= 0.3 is 12.1 Å². The molecule has 0 spiro atoms. The SMILES string of the molecule is C=CCOC(=O)N[C@@H]1CCCC[C@H]1C(=O)O. The summed E-state index contributed by atoms with van der Waals surface area (Å²) < 4.78 is 4.76. The summed E-state index contributed by atoms with van der Waals surface area (Å²) in [5, 5.41) is 11.6. The van der Waals surface area contributed by atoms with E-state index in [4.69, 9.17) is 9.84 Å². The molecule has 5 nitrogen and oxygen atoms in total. The van der Waals surface area contributed by atoms with Crippen molar-refractivity contribution in [2.45, 2.75) is 31.7 Å². The van der Waals surface area contributed by atoms with E-state index >= 15 is 0 Å². The number of carboxylic acids is 1. The molecule has 0 aliphatic heterocycles. The fraction of sp³-hybridized carbons (Fsp3) is 0.636. The lowest BCUT2D eigenvalue weighted by Gasteiger charge is -2.28. The van der Waals surface area contributed by atoms with Crippen molar-refractivity contribution >= 4 is 12.1 Å². The third kappa shape index (κ3) is 3.56. The van der Waals surface area contributed by atoms with Gasteiger partial charge in [0.1, 0.15) is 6.61 Å². The molecule has 1 aliphatic rings. The highest BCUT2D eigenvalue weighted by Crippen LogP contribution is 2.24. The second kappa shape index (κ2) is 6.15. The van der Waals surface area contributed by atoms with Crippen LogP contribution in [-0.2, 0) is 9.53 Å². The summed E-state index contributed by atoms with van der Waals surface area (Å²) in [5.41, 5.74) is 0. The van der Waals surface area contributed by atoms with Gasteiger partial charge in [-0.2, -0.15) is 0 Å². The Kier molecular flexibility index (Phi) is 4.82. The number of rotatable bonds is 4. The molecule has 1 saturated carbocycles. The number of hydrogen-bond acceptors (Lipinski definition) is 3. The standard InChI is InChI=1S/C11H17NO4/c1-2-7-16-11(15)12-9-6-4-3-5-8(9)10(13)14/h2,8-9H,1,3-7H2,(H,12,15)(H,13,14)/t8-,9-/m1/s1. The van der Waals surface area contributed by atoms with Gasteiger partial charge in [-0.1, -0.05) is 25.5 Å². The average molecular weight is 227 g/mol. The monoisotopic (exact) mass is 227 g/mol. The molecule has 90 valence electrons. The Morgan fingerprint density at radius 2 is 2.12 bits per heavy atom. The number of aliphatic carboxylic acids is 1. The van der Waals surface area contributed by atoms with Gasteiger partial charge in [-0.05, 0) is 12.8 Å². The van der Waals surface area contributed by atoms with E-state index in [1.165, 1.54) is 6.08 Å². The lowest BCUT2D eigenvalue weighted by Crippen LogP contribution is -2.45. The summed E-state index contributed by atoms with van der Waals surface area (Å²) in [5.74, 6) is -1.35. The molecule has 0 heterocycles. The predicted molar refractivity (Wildman–Crippen MR) is 58.1 cm³/mol. The van der Waals surface area contributed by atoms with Crippen LogP contribution in [0, 0.1) is 5.92 Å². The molecule has 0 aromatic carbocycles. The maximum Gasteiger partial charge on any atom is 0.407 e. The molecule has 5 heteroatoms. The van der Waals surface area contributed by atoms with Crippen molar-refractivity contribution in [3.8, 4) is 0 Å². The van der Waals surface area contributed by atoms with Gasteiger partial charge < -0.3 is 15.2 Å². The summed E-state index contributed by atoms with van der Waals surface area (Å²) in [6.07, 6.45) is 4.04. The molecule has 1 fully saturated rings. The van der Waals surface area contributed by atoms with E-state index in [-0.39, 0.29) is 12.6 Å². The van der Waals surface area contributed by atoms with Crippen molar-refractivity contribution in [2.75, 3.05) is 6.61 Å². The average Bonchev–Trinajstić information content (AvgIpc) is 2.27. The van der Waals surface area contributed by atoms with Gasteiger partial charge in [0.05, 0.1) is 5.92 Å². The van der Waals surface area contributed by atoms with Crippen molar-refractivity contribution in [3.05, 3.63) is 12.7 Å². The van der Waals surface area contributed by atoms with E-state index in [1.54, 1.807) is 0 Å². The molecule has 1 amide bonds. The van der Waals surface area contributed by atoms with Crippen LogP contribution in [0.4, 0.5) is 4.79 Å². The Morgan fingerprint density at radius 3 is 2.75 bits per heavy atom. The lowest BCUT2D eigenvalue weighted by molar-refractivity contribution is -0.143. The van der Waals surface area contributed by atoms with Gasteiger partial charge in [-0.15, -0.1) is 0 Å². The van der Waals surface area contributed by atoms with Crippen molar-refractivity contribution in [1.82, 2.24) is 5.32 Å². The molecule has 0 bridgehead atoms. The molecule has 16 heavy (non-hydrogen) atoms. The smallest absolute Gasteiger partial charge is 0.407 e. The van der Waals surface area contributed by atoms with E-state index in [1.807, 2.05) is 0 Å². The lowest BCUT2D eigenvalue weighted by atomic mass is 9.85. The number of nitrogens with one attached hydrogen (secondary N) is 1. The second-order valence-corrected chi connectivity index (χ2v) is 3.87. The van der Waals surface area contributed by atoms with Gasteiger partial charge in [0.15, 0.2) is 0 Å². The van der Waals surface area contributed by atoms with Gasteiger partial charge in [-0.25, -0.2) is 4.79 Å². The van der Waals surface area contributed by atoms with E-state index in [0.29, 0.717) is 12.8 Å². The van der Waals surface area contributed by atoms with Gasteiger partial charge in [-0.3, -0.25) is 4.79 Å². The number of carboxylic acid groups (broad SMARTS) is 1. The minimum absolute atomic E-state index is 0.135.